The molecule has 1 aliphatic heterocycles. The van der Waals surface area contributed by atoms with Crippen LogP contribution in [0.15, 0.2) is 6.07 Å². The van der Waals surface area contributed by atoms with E-state index in [4.69, 9.17) is 0 Å². The van der Waals surface area contributed by atoms with Gasteiger partial charge in [0.15, 0.2) is 5.69 Å². The largest absolute Gasteiger partial charge is 0.435 e. The Morgan fingerprint density at radius 1 is 1.47 bits per heavy atom. The second-order valence-electron chi connectivity index (χ2n) is 5.24. The molecule has 0 radical (unpaired) electrons. The number of hydrogen-bond donors (Lipinski definition) is 1. The SMILES string of the molecule is CC1(C2CCNc3cc(C(F)(F)F)nn32)CC1. The number of rotatable bonds is 1. The van der Waals surface area contributed by atoms with Crippen LogP contribution in [-0.2, 0) is 6.18 Å². The van der Waals surface area contributed by atoms with Gasteiger partial charge in [0.05, 0.1) is 6.04 Å². The molecule has 0 saturated heterocycles. The number of alkyl halides is 3. The molecular formula is C11H14F3N3. The Balaban J connectivity index is 2.00. The molecule has 2 aliphatic rings. The minimum absolute atomic E-state index is 0.106. The topological polar surface area (TPSA) is 29.9 Å². The van der Waals surface area contributed by atoms with E-state index in [-0.39, 0.29) is 11.5 Å². The van der Waals surface area contributed by atoms with Gasteiger partial charge in [-0.25, -0.2) is 4.68 Å². The highest BCUT2D eigenvalue weighted by molar-refractivity contribution is 5.40. The molecule has 1 aromatic heterocycles. The predicted molar refractivity (Wildman–Crippen MR) is 56.7 cm³/mol. The minimum atomic E-state index is -4.36. The lowest BCUT2D eigenvalue weighted by Gasteiger charge is -2.30. The molecule has 0 aromatic carbocycles. The second kappa shape index (κ2) is 3.17. The van der Waals surface area contributed by atoms with Gasteiger partial charge in [0.2, 0.25) is 0 Å². The summed E-state index contributed by atoms with van der Waals surface area (Å²) in [5.74, 6) is 0.502. The number of fused-ring (bicyclic) bond motifs is 1. The average molecular weight is 245 g/mol. The number of anilines is 1. The Bertz CT molecular complexity index is 445. The van der Waals surface area contributed by atoms with Gasteiger partial charge in [-0.3, -0.25) is 0 Å². The van der Waals surface area contributed by atoms with Gasteiger partial charge < -0.3 is 5.32 Å². The summed E-state index contributed by atoms with van der Waals surface area (Å²) >= 11 is 0. The lowest BCUT2D eigenvalue weighted by atomic mass is 9.95. The first-order valence-corrected chi connectivity index (χ1v) is 5.81. The Morgan fingerprint density at radius 2 is 2.18 bits per heavy atom. The fraction of sp³-hybridized carbons (Fsp3) is 0.727. The van der Waals surface area contributed by atoms with Crippen LogP contribution < -0.4 is 5.32 Å². The standard InChI is InChI=1S/C11H14F3N3/c1-10(3-4-10)8-2-5-15-9-6-7(11(12,13)14)16-17(8)9/h6,8,15H,2-5H2,1H3. The lowest BCUT2D eigenvalue weighted by Crippen LogP contribution is -2.28. The molecule has 0 spiro atoms. The summed E-state index contributed by atoms with van der Waals surface area (Å²) < 4.78 is 39.4. The van der Waals surface area contributed by atoms with Crippen molar-refractivity contribution in [2.45, 2.75) is 38.4 Å². The third kappa shape index (κ3) is 1.70. The Hall–Kier alpha value is -1.20. The zero-order valence-electron chi connectivity index (χ0n) is 9.51. The van der Waals surface area contributed by atoms with Crippen LogP contribution in [0.3, 0.4) is 0 Å². The van der Waals surface area contributed by atoms with Crippen molar-refractivity contribution >= 4 is 5.82 Å². The van der Waals surface area contributed by atoms with E-state index in [1.807, 2.05) is 0 Å². The van der Waals surface area contributed by atoms with Crippen molar-refractivity contribution in [1.82, 2.24) is 9.78 Å². The normalized spacial score (nSPS) is 26.2. The fourth-order valence-electron chi connectivity index (χ4n) is 2.54. The number of nitrogens with zero attached hydrogens (tertiary/aromatic N) is 2. The molecule has 3 nitrogen and oxygen atoms in total. The van der Waals surface area contributed by atoms with Crippen LogP contribution in [0.1, 0.15) is 37.9 Å². The van der Waals surface area contributed by atoms with Crippen LogP contribution in [0, 0.1) is 5.41 Å². The molecule has 17 heavy (non-hydrogen) atoms. The fourth-order valence-corrected chi connectivity index (χ4v) is 2.54. The van der Waals surface area contributed by atoms with E-state index < -0.39 is 11.9 Å². The van der Waals surface area contributed by atoms with Gasteiger partial charge in [-0.1, -0.05) is 6.92 Å². The Morgan fingerprint density at radius 3 is 2.76 bits per heavy atom. The highest BCUT2D eigenvalue weighted by Crippen LogP contribution is 2.56. The van der Waals surface area contributed by atoms with E-state index in [2.05, 4.69) is 17.3 Å². The van der Waals surface area contributed by atoms with E-state index in [0.717, 1.165) is 31.9 Å². The first-order valence-electron chi connectivity index (χ1n) is 5.81. The molecule has 94 valence electrons. The summed E-state index contributed by atoms with van der Waals surface area (Å²) in [5.41, 5.74) is -0.651. The van der Waals surface area contributed by atoms with Crippen LogP contribution in [0.4, 0.5) is 19.0 Å². The van der Waals surface area contributed by atoms with Crippen molar-refractivity contribution in [2.24, 2.45) is 5.41 Å². The number of halogens is 3. The highest BCUT2D eigenvalue weighted by atomic mass is 19.4. The van der Waals surface area contributed by atoms with Gasteiger partial charge in [0.1, 0.15) is 5.82 Å². The second-order valence-corrected chi connectivity index (χ2v) is 5.24. The zero-order chi connectivity index (χ0) is 12.3. The van der Waals surface area contributed by atoms with E-state index in [1.165, 1.54) is 0 Å². The molecule has 1 aliphatic carbocycles. The molecule has 0 bridgehead atoms. The lowest BCUT2D eigenvalue weighted by molar-refractivity contribution is -0.141. The molecule has 2 heterocycles. The quantitative estimate of drug-likeness (QED) is 0.824. The Kier molecular flexibility index (Phi) is 2.04. The van der Waals surface area contributed by atoms with Crippen LogP contribution >= 0.6 is 0 Å². The monoisotopic (exact) mass is 245 g/mol. The summed E-state index contributed by atoms with van der Waals surface area (Å²) in [6.07, 6.45) is -1.35. The van der Waals surface area contributed by atoms with Crippen molar-refractivity contribution in [1.29, 1.82) is 0 Å². The summed E-state index contributed by atoms with van der Waals surface area (Å²) in [6, 6.07) is 1.22. The smallest absolute Gasteiger partial charge is 0.370 e. The molecule has 1 fully saturated rings. The maximum absolute atomic E-state index is 12.6. The highest BCUT2D eigenvalue weighted by Gasteiger charge is 2.48. The van der Waals surface area contributed by atoms with Crippen molar-refractivity contribution in [3.05, 3.63) is 11.8 Å². The Labute approximate surface area is 97.0 Å². The zero-order valence-corrected chi connectivity index (χ0v) is 9.51. The number of aromatic nitrogens is 2. The first kappa shape index (κ1) is 10.9. The van der Waals surface area contributed by atoms with Gasteiger partial charge in [-0.2, -0.15) is 18.3 Å². The van der Waals surface area contributed by atoms with E-state index >= 15 is 0 Å². The third-order valence-electron chi connectivity index (χ3n) is 3.89. The molecule has 1 saturated carbocycles. The summed E-state index contributed by atoms with van der Waals surface area (Å²) in [4.78, 5) is 0. The molecule has 3 rings (SSSR count). The average Bonchev–Trinajstić information content (AvgIpc) is 2.83. The van der Waals surface area contributed by atoms with E-state index in [0.29, 0.717) is 5.82 Å². The van der Waals surface area contributed by atoms with Crippen molar-refractivity contribution in [2.75, 3.05) is 11.9 Å². The predicted octanol–water partition coefficient (Wildman–Crippen LogP) is 3.06. The molecular weight excluding hydrogens is 231 g/mol. The van der Waals surface area contributed by atoms with Crippen LogP contribution in [0.5, 0.6) is 0 Å². The molecule has 1 atom stereocenters. The van der Waals surface area contributed by atoms with Crippen molar-refractivity contribution in [3.8, 4) is 0 Å². The molecule has 1 N–H and O–H groups in total. The number of hydrogen-bond acceptors (Lipinski definition) is 2. The maximum atomic E-state index is 12.6. The van der Waals surface area contributed by atoms with Gasteiger partial charge in [-0.05, 0) is 24.7 Å². The van der Waals surface area contributed by atoms with Crippen molar-refractivity contribution in [3.63, 3.8) is 0 Å². The minimum Gasteiger partial charge on any atom is -0.370 e. The summed E-state index contributed by atoms with van der Waals surface area (Å²) in [5, 5.41) is 6.72. The van der Waals surface area contributed by atoms with Gasteiger partial charge in [-0.15, -0.1) is 0 Å². The maximum Gasteiger partial charge on any atom is 0.435 e. The summed E-state index contributed by atoms with van der Waals surface area (Å²) in [7, 11) is 0. The van der Waals surface area contributed by atoms with Crippen LogP contribution in [-0.4, -0.2) is 16.3 Å². The van der Waals surface area contributed by atoms with Crippen LogP contribution in [0.2, 0.25) is 0 Å². The summed E-state index contributed by atoms with van der Waals surface area (Å²) in [6.45, 7) is 2.85. The number of nitrogens with one attached hydrogen (secondary N) is 1. The van der Waals surface area contributed by atoms with E-state index in [1.54, 1.807) is 4.68 Å². The third-order valence-corrected chi connectivity index (χ3v) is 3.89. The molecule has 1 unspecified atom stereocenters. The van der Waals surface area contributed by atoms with Crippen LogP contribution in [0.25, 0.3) is 0 Å². The van der Waals surface area contributed by atoms with Gasteiger partial charge >= 0.3 is 6.18 Å². The first-order chi connectivity index (χ1) is 7.90. The molecule has 1 aromatic rings. The van der Waals surface area contributed by atoms with Gasteiger partial charge in [0, 0.05) is 12.6 Å². The van der Waals surface area contributed by atoms with Gasteiger partial charge in [0.25, 0.3) is 0 Å². The molecule has 0 amide bonds. The molecule has 6 heteroatoms. The van der Waals surface area contributed by atoms with Crippen molar-refractivity contribution < 1.29 is 13.2 Å². The van der Waals surface area contributed by atoms with E-state index in [9.17, 15) is 13.2 Å².